The number of hydrogen-bond donors (Lipinski definition) is 2. The summed E-state index contributed by atoms with van der Waals surface area (Å²) < 4.78 is 11.7. The molecular weight excluding hydrogens is 273 g/mol. The van der Waals surface area contributed by atoms with Crippen LogP contribution in [0.3, 0.4) is 0 Å². The maximum atomic E-state index is 12.3. The Bertz CT molecular complexity index is 672. The quantitative estimate of drug-likeness (QED) is 0.810. The first-order chi connectivity index (χ1) is 9.74. The second-order valence-corrected chi connectivity index (χ2v) is 5.65. The van der Waals surface area contributed by atoms with E-state index in [0.29, 0.717) is 16.7 Å². The second kappa shape index (κ2) is 5.42. The van der Waals surface area contributed by atoms with Crippen molar-refractivity contribution >= 4 is 29.7 Å². The minimum Gasteiger partial charge on any atom is -0.496 e. The monoisotopic (exact) mass is 291 g/mol. The Morgan fingerprint density at radius 2 is 1.95 bits per heavy atom. The Morgan fingerprint density at radius 3 is 2.48 bits per heavy atom. The van der Waals surface area contributed by atoms with Crippen LogP contribution in [0.2, 0.25) is 0 Å². The van der Waals surface area contributed by atoms with E-state index in [4.69, 9.17) is 9.47 Å². The standard InChI is InChI=1S/C14H18BNO5/c1-14(2,3)21-13(17)16-10-6-5-7-11(20-4)9(10)8-12(16)15(18)19/h5-8,18-19H,1-4H3. The molecule has 2 aromatic rings. The van der Waals surface area contributed by atoms with Crippen molar-refractivity contribution in [2.45, 2.75) is 26.4 Å². The number of rotatable bonds is 2. The van der Waals surface area contributed by atoms with E-state index in [1.165, 1.54) is 13.2 Å². The van der Waals surface area contributed by atoms with Crippen molar-refractivity contribution in [1.82, 2.24) is 4.57 Å². The molecule has 112 valence electrons. The predicted octanol–water partition coefficient (Wildman–Crippen LogP) is 1.11. The van der Waals surface area contributed by atoms with E-state index in [1.54, 1.807) is 39.0 Å². The van der Waals surface area contributed by atoms with Crippen LogP contribution in [0.1, 0.15) is 20.8 Å². The van der Waals surface area contributed by atoms with Crippen molar-refractivity contribution in [3.63, 3.8) is 0 Å². The summed E-state index contributed by atoms with van der Waals surface area (Å²) in [5.41, 5.74) is -0.167. The number of fused-ring (bicyclic) bond motifs is 1. The van der Waals surface area contributed by atoms with Crippen molar-refractivity contribution in [3.8, 4) is 5.75 Å². The third-order valence-corrected chi connectivity index (χ3v) is 2.89. The first kappa shape index (κ1) is 15.4. The van der Waals surface area contributed by atoms with E-state index in [0.717, 1.165) is 4.57 Å². The molecule has 0 aliphatic rings. The number of carbonyl (C=O) groups excluding carboxylic acids is 1. The second-order valence-electron chi connectivity index (χ2n) is 5.65. The van der Waals surface area contributed by atoms with Gasteiger partial charge in [-0.1, -0.05) is 6.07 Å². The zero-order chi connectivity index (χ0) is 15.8. The molecule has 6 nitrogen and oxygen atoms in total. The van der Waals surface area contributed by atoms with E-state index in [9.17, 15) is 14.8 Å². The lowest BCUT2D eigenvalue weighted by atomic mass is 9.86. The molecule has 7 heteroatoms. The molecule has 1 heterocycles. The fourth-order valence-corrected chi connectivity index (χ4v) is 2.10. The molecule has 21 heavy (non-hydrogen) atoms. The molecule has 0 amide bonds. The van der Waals surface area contributed by atoms with Crippen LogP contribution >= 0.6 is 0 Å². The van der Waals surface area contributed by atoms with Crippen LogP contribution in [0.25, 0.3) is 10.9 Å². The topological polar surface area (TPSA) is 80.9 Å². The summed E-state index contributed by atoms with van der Waals surface area (Å²) in [5, 5.41) is 19.6. The molecule has 2 N–H and O–H groups in total. The molecule has 0 aliphatic heterocycles. The Hall–Kier alpha value is -1.99. The lowest BCUT2D eigenvalue weighted by molar-refractivity contribution is 0.0548. The van der Waals surface area contributed by atoms with Crippen LogP contribution in [0, 0.1) is 0 Å². The van der Waals surface area contributed by atoms with Crippen LogP contribution in [-0.4, -0.2) is 40.5 Å². The maximum absolute atomic E-state index is 12.3. The molecule has 0 fully saturated rings. The van der Waals surface area contributed by atoms with Crippen molar-refractivity contribution in [2.24, 2.45) is 0 Å². The first-order valence-electron chi connectivity index (χ1n) is 6.52. The van der Waals surface area contributed by atoms with Gasteiger partial charge >= 0.3 is 13.2 Å². The van der Waals surface area contributed by atoms with Crippen LogP contribution in [0.4, 0.5) is 4.79 Å². The molecule has 0 radical (unpaired) electrons. The molecule has 2 rings (SSSR count). The number of ether oxygens (including phenoxy) is 2. The molecule has 0 unspecified atom stereocenters. The molecule has 0 atom stereocenters. The molecule has 0 spiro atoms. The van der Waals surface area contributed by atoms with Gasteiger partial charge < -0.3 is 19.5 Å². The molecule has 0 aliphatic carbocycles. The van der Waals surface area contributed by atoms with Gasteiger partial charge in [-0.3, -0.25) is 4.57 Å². The SMILES string of the molecule is COc1cccc2c1cc(B(O)O)n2C(=O)OC(C)(C)C. The summed E-state index contributed by atoms with van der Waals surface area (Å²) in [6, 6.07) is 6.64. The molecule has 1 aromatic carbocycles. The summed E-state index contributed by atoms with van der Waals surface area (Å²) in [6.45, 7) is 5.23. The number of carbonyl (C=O) groups is 1. The van der Waals surface area contributed by atoms with Crippen LogP contribution in [-0.2, 0) is 4.74 Å². The first-order valence-corrected chi connectivity index (χ1v) is 6.52. The molecular formula is C14H18BNO5. The van der Waals surface area contributed by atoms with Crippen molar-refractivity contribution in [1.29, 1.82) is 0 Å². The van der Waals surface area contributed by atoms with Gasteiger partial charge in [0.05, 0.1) is 18.2 Å². The number of nitrogens with zero attached hydrogens (tertiary/aromatic N) is 1. The Labute approximate surface area is 123 Å². The van der Waals surface area contributed by atoms with Gasteiger partial charge in [0.15, 0.2) is 0 Å². The van der Waals surface area contributed by atoms with Gasteiger partial charge in [0.25, 0.3) is 0 Å². The average molecular weight is 291 g/mol. The molecule has 0 saturated carbocycles. The van der Waals surface area contributed by atoms with Gasteiger partial charge in [0.2, 0.25) is 0 Å². The largest absolute Gasteiger partial charge is 0.506 e. The predicted molar refractivity (Wildman–Crippen MR) is 79.9 cm³/mol. The third-order valence-electron chi connectivity index (χ3n) is 2.89. The van der Waals surface area contributed by atoms with Crippen LogP contribution in [0.5, 0.6) is 5.75 Å². The van der Waals surface area contributed by atoms with Crippen LogP contribution < -0.4 is 10.3 Å². The number of hydrogen-bond acceptors (Lipinski definition) is 5. The fourth-order valence-electron chi connectivity index (χ4n) is 2.10. The van der Waals surface area contributed by atoms with Crippen molar-refractivity contribution < 1.29 is 24.3 Å². The zero-order valence-electron chi connectivity index (χ0n) is 12.5. The minimum absolute atomic E-state index is 0.0313. The zero-order valence-corrected chi connectivity index (χ0v) is 12.5. The minimum atomic E-state index is -1.80. The van der Waals surface area contributed by atoms with E-state index < -0.39 is 18.8 Å². The van der Waals surface area contributed by atoms with E-state index in [1.807, 2.05) is 0 Å². The van der Waals surface area contributed by atoms with E-state index in [-0.39, 0.29) is 5.59 Å². The van der Waals surface area contributed by atoms with Gasteiger partial charge in [-0.05, 0) is 39.0 Å². The summed E-state index contributed by atoms with van der Waals surface area (Å²) >= 11 is 0. The Balaban J connectivity index is 2.65. The van der Waals surface area contributed by atoms with Crippen LogP contribution in [0.15, 0.2) is 24.3 Å². The highest BCUT2D eigenvalue weighted by Gasteiger charge is 2.27. The molecule has 0 bridgehead atoms. The summed E-state index contributed by atoms with van der Waals surface area (Å²) in [6.07, 6.45) is -0.672. The fraction of sp³-hybridized carbons (Fsp3) is 0.357. The highest BCUT2D eigenvalue weighted by Crippen LogP contribution is 2.26. The third kappa shape index (κ3) is 3.04. The lowest BCUT2D eigenvalue weighted by Gasteiger charge is -2.21. The normalized spacial score (nSPS) is 11.5. The average Bonchev–Trinajstić information content (AvgIpc) is 2.75. The molecule has 1 aromatic heterocycles. The highest BCUT2D eigenvalue weighted by molar-refractivity contribution is 6.59. The maximum Gasteiger partial charge on any atom is 0.506 e. The van der Waals surface area contributed by atoms with E-state index >= 15 is 0 Å². The highest BCUT2D eigenvalue weighted by atomic mass is 16.6. The lowest BCUT2D eigenvalue weighted by Crippen LogP contribution is -2.40. The Kier molecular flexibility index (Phi) is 3.98. The van der Waals surface area contributed by atoms with Gasteiger partial charge in [-0.15, -0.1) is 0 Å². The van der Waals surface area contributed by atoms with E-state index in [2.05, 4.69) is 0 Å². The molecule has 0 saturated heterocycles. The van der Waals surface area contributed by atoms with Gasteiger partial charge in [-0.2, -0.15) is 0 Å². The number of benzene rings is 1. The van der Waals surface area contributed by atoms with Gasteiger partial charge in [0.1, 0.15) is 11.4 Å². The van der Waals surface area contributed by atoms with Gasteiger partial charge in [-0.25, -0.2) is 4.79 Å². The van der Waals surface area contributed by atoms with Gasteiger partial charge in [0, 0.05) is 5.39 Å². The smallest absolute Gasteiger partial charge is 0.496 e. The van der Waals surface area contributed by atoms with Crippen molar-refractivity contribution in [2.75, 3.05) is 7.11 Å². The summed E-state index contributed by atoms with van der Waals surface area (Å²) in [5.74, 6) is 0.539. The summed E-state index contributed by atoms with van der Waals surface area (Å²) in [4.78, 5) is 12.3. The summed E-state index contributed by atoms with van der Waals surface area (Å²) in [7, 11) is -0.288. The number of methoxy groups -OCH3 is 1. The van der Waals surface area contributed by atoms with Crippen molar-refractivity contribution in [3.05, 3.63) is 24.3 Å². The number of aromatic nitrogens is 1. The Morgan fingerprint density at radius 1 is 1.29 bits per heavy atom.